The molecule has 5 heteroatoms. The van der Waals surface area contributed by atoms with Crippen LogP contribution in [0.15, 0.2) is 42.6 Å². The molecule has 0 aliphatic rings. The predicted octanol–water partition coefficient (Wildman–Crippen LogP) is 3.27. The van der Waals surface area contributed by atoms with Gasteiger partial charge in [0.25, 0.3) is 0 Å². The van der Waals surface area contributed by atoms with Crippen LogP contribution in [-0.2, 0) is 6.42 Å². The smallest absolute Gasteiger partial charge is 0.151 e. The van der Waals surface area contributed by atoms with Crippen LogP contribution in [0.3, 0.4) is 0 Å². The number of hydrogen-bond donors (Lipinski definition) is 2. The Bertz CT molecular complexity index is 675. The van der Waals surface area contributed by atoms with Crippen LogP contribution in [0.2, 0.25) is 5.15 Å². The van der Waals surface area contributed by atoms with E-state index in [-0.39, 0.29) is 0 Å². The summed E-state index contributed by atoms with van der Waals surface area (Å²) >= 11 is 5.69. The standard InChI is InChI=1S/C14H13ClN4/c15-13-5-6-14(19-18-13)16-8-7-10-9-17-12-4-2-1-3-11(10)12/h1-6,9,17H,7-8H2,(H,16,19). The zero-order valence-corrected chi connectivity index (χ0v) is 11.0. The molecule has 0 atom stereocenters. The molecule has 1 aromatic carbocycles. The highest BCUT2D eigenvalue weighted by Crippen LogP contribution is 2.18. The van der Waals surface area contributed by atoms with Gasteiger partial charge in [-0.15, -0.1) is 10.2 Å². The van der Waals surface area contributed by atoms with E-state index in [4.69, 9.17) is 11.6 Å². The Kier molecular flexibility index (Phi) is 3.33. The van der Waals surface area contributed by atoms with Gasteiger partial charge in [0.1, 0.15) is 5.82 Å². The molecule has 3 aromatic rings. The SMILES string of the molecule is Clc1ccc(NCCc2c[nH]c3ccccc23)nn1. The van der Waals surface area contributed by atoms with Crippen LogP contribution in [0.1, 0.15) is 5.56 Å². The quantitative estimate of drug-likeness (QED) is 0.766. The first-order chi connectivity index (χ1) is 9.33. The lowest BCUT2D eigenvalue weighted by molar-refractivity contribution is 0.971. The number of aromatic amines is 1. The Labute approximate surface area is 115 Å². The molecular weight excluding hydrogens is 260 g/mol. The van der Waals surface area contributed by atoms with Gasteiger partial charge in [-0.25, -0.2) is 0 Å². The molecule has 4 nitrogen and oxygen atoms in total. The third kappa shape index (κ3) is 2.69. The summed E-state index contributed by atoms with van der Waals surface area (Å²) in [6.45, 7) is 0.804. The number of nitrogens with zero attached hydrogens (tertiary/aromatic N) is 2. The van der Waals surface area contributed by atoms with Gasteiger partial charge in [0.05, 0.1) is 0 Å². The van der Waals surface area contributed by atoms with Crippen LogP contribution < -0.4 is 5.32 Å². The number of hydrogen-bond acceptors (Lipinski definition) is 3. The maximum atomic E-state index is 5.69. The van der Waals surface area contributed by atoms with Gasteiger partial charge < -0.3 is 10.3 Å². The molecule has 0 unspecified atom stereocenters. The van der Waals surface area contributed by atoms with Crippen molar-refractivity contribution < 1.29 is 0 Å². The molecule has 0 amide bonds. The zero-order chi connectivity index (χ0) is 13.1. The lowest BCUT2D eigenvalue weighted by Crippen LogP contribution is -2.06. The first kappa shape index (κ1) is 12.0. The molecule has 2 aromatic heterocycles. The Balaban J connectivity index is 1.65. The second-order valence-electron chi connectivity index (χ2n) is 4.28. The molecule has 96 valence electrons. The molecule has 0 aliphatic heterocycles. The predicted molar refractivity (Wildman–Crippen MR) is 77.5 cm³/mol. The Morgan fingerprint density at radius 3 is 2.84 bits per heavy atom. The lowest BCUT2D eigenvalue weighted by Gasteiger charge is -2.04. The average Bonchev–Trinajstić information content (AvgIpc) is 2.85. The third-order valence-corrected chi connectivity index (χ3v) is 3.21. The Morgan fingerprint density at radius 1 is 1.11 bits per heavy atom. The highest BCUT2D eigenvalue weighted by atomic mass is 35.5. The molecular formula is C14H13ClN4. The number of H-pyrrole nitrogens is 1. The molecule has 0 radical (unpaired) electrons. The molecule has 2 heterocycles. The number of benzene rings is 1. The lowest BCUT2D eigenvalue weighted by atomic mass is 10.1. The van der Waals surface area contributed by atoms with Gasteiger partial charge in [-0.05, 0) is 30.2 Å². The minimum absolute atomic E-state index is 0.405. The summed E-state index contributed by atoms with van der Waals surface area (Å²) in [5, 5.41) is 12.7. The molecule has 2 N–H and O–H groups in total. The van der Waals surface area contributed by atoms with Gasteiger partial charge in [0, 0.05) is 23.6 Å². The number of anilines is 1. The van der Waals surface area contributed by atoms with E-state index in [2.05, 4.69) is 44.9 Å². The van der Waals surface area contributed by atoms with E-state index in [1.165, 1.54) is 16.5 Å². The van der Waals surface area contributed by atoms with Crippen molar-refractivity contribution in [2.75, 3.05) is 11.9 Å². The maximum absolute atomic E-state index is 5.69. The van der Waals surface area contributed by atoms with Crippen molar-refractivity contribution in [3.05, 3.63) is 53.3 Å². The highest BCUT2D eigenvalue weighted by Gasteiger charge is 2.02. The Morgan fingerprint density at radius 2 is 2.00 bits per heavy atom. The molecule has 0 saturated heterocycles. The highest BCUT2D eigenvalue weighted by molar-refractivity contribution is 6.29. The summed E-state index contributed by atoms with van der Waals surface area (Å²) in [6.07, 6.45) is 2.98. The van der Waals surface area contributed by atoms with Crippen molar-refractivity contribution in [3.63, 3.8) is 0 Å². The number of para-hydroxylation sites is 1. The fourth-order valence-electron chi connectivity index (χ4n) is 2.07. The molecule has 0 spiro atoms. The number of aromatic nitrogens is 3. The minimum atomic E-state index is 0.405. The van der Waals surface area contributed by atoms with Crippen LogP contribution in [0, 0.1) is 0 Å². The largest absolute Gasteiger partial charge is 0.368 e. The molecule has 19 heavy (non-hydrogen) atoms. The average molecular weight is 273 g/mol. The topological polar surface area (TPSA) is 53.6 Å². The number of halogens is 1. The first-order valence-corrected chi connectivity index (χ1v) is 6.49. The Hall–Kier alpha value is -2.07. The number of fused-ring (bicyclic) bond motifs is 1. The molecule has 0 bridgehead atoms. The normalized spacial score (nSPS) is 10.8. The van der Waals surface area contributed by atoms with E-state index >= 15 is 0 Å². The molecule has 0 aliphatic carbocycles. The monoisotopic (exact) mass is 272 g/mol. The van der Waals surface area contributed by atoms with E-state index in [0.717, 1.165) is 18.8 Å². The van der Waals surface area contributed by atoms with Crippen molar-refractivity contribution in [3.8, 4) is 0 Å². The number of rotatable bonds is 4. The van der Waals surface area contributed by atoms with Crippen molar-refractivity contribution in [2.45, 2.75) is 6.42 Å². The van der Waals surface area contributed by atoms with Crippen LogP contribution in [0.4, 0.5) is 5.82 Å². The fourth-order valence-corrected chi connectivity index (χ4v) is 2.17. The van der Waals surface area contributed by atoms with Crippen molar-refractivity contribution in [1.82, 2.24) is 15.2 Å². The van der Waals surface area contributed by atoms with Crippen molar-refractivity contribution >= 4 is 28.3 Å². The summed E-state index contributed by atoms with van der Waals surface area (Å²) < 4.78 is 0. The third-order valence-electron chi connectivity index (χ3n) is 3.01. The zero-order valence-electron chi connectivity index (χ0n) is 10.2. The fraction of sp³-hybridized carbons (Fsp3) is 0.143. The van der Waals surface area contributed by atoms with E-state index in [1.54, 1.807) is 6.07 Å². The molecule has 0 saturated carbocycles. The van der Waals surface area contributed by atoms with Gasteiger partial charge in [-0.3, -0.25) is 0 Å². The van der Waals surface area contributed by atoms with E-state index in [0.29, 0.717) is 5.15 Å². The summed E-state index contributed by atoms with van der Waals surface area (Å²) in [7, 11) is 0. The van der Waals surface area contributed by atoms with E-state index in [9.17, 15) is 0 Å². The van der Waals surface area contributed by atoms with Gasteiger partial charge in [-0.1, -0.05) is 29.8 Å². The minimum Gasteiger partial charge on any atom is -0.368 e. The van der Waals surface area contributed by atoms with Crippen LogP contribution in [-0.4, -0.2) is 21.7 Å². The number of nitrogens with one attached hydrogen (secondary N) is 2. The summed E-state index contributed by atoms with van der Waals surface area (Å²) in [4.78, 5) is 3.27. The van der Waals surface area contributed by atoms with E-state index in [1.807, 2.05) is 12.1 Å². The second kappa shape index (κ2) is 5.28. The van der Waals surface area contributed by atoms with Gasteiger partial charge in [-0.2, -0.15) is 0 Å². The van der Waals surface area contributed by atoms with Crippen LogP contribution >= 0.6 is 11.6 Å². The van der Waals surface area contributed by atoms with Crippen molar-refractivity contribution in [2.24, 2.45) is 0 Å². The van der Waals surface area contributed by atoms with Crippen LogP contribution in [0.5, 0.6) is 0 Å². The van der Waals surface area contributed by atoms with Gasteiger partial charge in [0.2, 0.25) is 0 Å². The summed E-state index contributed by atoms with van der Waals surface area (Å²) in [5.41, 5.74) is 2.47. The summed E-state index contributed by atoms with van der Waals surface area (Å²) in [5.74, 6) is 0.740. The molecule has 0 fully saturated rings. The van der Waals surface area contributed by atoms with Gasteiger partial charge in [0.15, 0.2) is 5.15 Å². The second-order valence-corrected chi connectivity index (χ2v) is 4.66. The van der Waals surface area contributed by atoms with Crippen LogP contribution in [0.25, 0.3) is 10.9 Å². The molecule has 3 rings (SSSR count). The van der Waals surface area contributed by atoms with E-state index < -0.39 is 0 Å². The summed E-state index contributed by atoms with van der Waals surface area (Å²) in [6, 6.07) is 11.8. The van der Waals surface area contributed by atoms with Crippen molar-refractivity contribution in [1.29, 1.82) is 0 Å². The van der Waals surface area contributed by atoms with Gasteiger partial charge >= 0.3 is 0 Å². The maximum Gasteiger partial charge on any atom is 0.151 e. The first-order valence-electron chi connectivity index (χ1n) is 6.11.